The maximum atomic E-state index is 6.47. The standard InChI is InChI=1S/C27H30N6O3/c1-18-5-9-20(10-6-18)34-14-23-22(35-21-11-7-19(2)8-12-21)13-24(36-23)33-17-30-25-26(31-16-32(3)4)28-15-29-27(25)33/h5-12,15-17,22-24H,13-14H2,1-4H3/b31-16-/t22-,23+,24+/m0/s1. The van der Waals surface area contributed by atoms with Crippen LogP contribution in [0.3, 0.4) is 0 Å². The van der Waals surface area contributed by atoms with Gasteiger partial charge in [-0.05, 0) is 38.1 Å². The lowest BCUT2D eigenvalue weighted by Crippen LogP contribution is -2.32. The number of aromatic nitrogens is 4. The Morgan fingerprint density at radius 3 is 2.39 bits per heavy atom. The first kappa shape index (κ1) is 23.7. The van der Waals surface area contributed by atoms with Gasteiger partial charge in [0.15, 0.2) is 17.0 Å². The predicted molar refractivity (Wildman–Crippen MR) is 138 cm³/mol. The van der Waals surface area contributed by atoms with E-state index in [4.69, 9.17) is 14.2 Å². The summed E-state index contributed by atoms with van der Waals surface area (Å²) < 4.78 is 20.8. The zero-order valence-corrected chi connectivity index (χ0v) is 20.9. The molecule has 0 radical (unpaired) electrons. The summed E-state index contributed by atoms with van der Waals surface area (Å²) in [6, 6.07) is 16.0. The van der Waals surface area contributed by atoms with Crippen molar-refractivity contribution >= 4 is 23.3 Å². The van der Waals surface area contributed by atoms with Gasteiger partial charge in [0.05, 0.1) is 12.7 Å². The molecule has 0 saturated carbocycles. The number of nitrogens with zero attached hydrogens (tertiary/aromatic N) is 6. The highest BCUT2D eigenvalue weighted by molar-refractivity contribution is 5.82. The number of hydrogen-bond acceptors (Lipinski definition) is 7. The number of hydrogen-bond donors (Lipinski definition) is 0. The second-order valence-electron chi connectivity index (χ2n) is 9.19. The summed E-state index contributed by atoms with van der Waals surface area (Å²) in [6.45, 7) is 4.46. The van der Waals surface area contributed by atoms with Crippen LogP contribution in [0.5, 0.6) is 11.5 Å². The van der Waals surface area contributed by atoms with Crippen LogP contribution in [0.15, 0.2) is 66.2 Å². The number of fused-ring (bicyclic) bond motifs is 1. The summed E-state index contributed by atoms with van der Waals surface area (Å²) in [5.74, 6) is 2.11. The average molecular weight is 487 g/mol. The molecule has 186 valence electrons. The van der Waals surface area contributed by atoms with Crippen LogP contribution in [-0.4, -0.2) is 63.7 Å². The molecule has 0 unspecified atom stereocenters. The van der Waals surface area contributed by atoms with Crippen LogP contribution in [-0.2, 0) is 4.74 Å². The van der Waals surface area contributed by atoms with E-state index in [9.17, 15) is 0 Å². The Morgan fingerprint density at radius 2 is 1.69 bits per heavy atom. The molecular formula is C27H30N6O3. The van der Waals surface area contributed by atoms with Gasteiger partial charge in [-0.25, -0.2) is 19.9 Å². The second kappa shape index (κ2) is 10.3. The minimum absolute atomic E-state index is 0.214. The molecule has 4 aromatic rings. The molecule has 0 N–H and O–H groups in total. The summed E-state index contributed by atoms with van der Waals surface area (Å²) >= 11 is 0. The van der Waals surface area contributed by atoms with Crippen molar-refractivity contribution in [2.75, 3.05) is 20.7 Å². The zero-order valence-electron chi connectivity index (χ0n) is 20.9. The number of aryl methyl sites for hydroxylation is 2. The Kier molecular flexibility index (Phi) is 6.81. The van der Waals surface area contributed by atoms with Crippen molar-refractivity contribution in [1.29, 1.82) is 0 Å². The fourth-order valence-electron chi connectivity index (χ4n) is 4.06. The van der Waals surface area contributed by atoms with Crippen LogP contribution in [0.4, 0.5) is 5.82 Å². The van der Waals surface area contributed by atoms with Crippen LogP contribution in [0.25, 0.3) is 11.2 Å². The van der Waals surface area contributed by atoms with Crippen LogP contribution in [0, 0.1) is 13.8 Å². The highest BCUT2D eigenvalue weighted by Gasteiger charge is 2.39. The van der Waals surface area contributed by atoms with Gasteiger partial charge in [-0.1, -0.05) is 35.4 Å². The van der Waals surface area contributed by atoms with E-state index in [1.807, 2.05) is 72.1 Å². The van der Waals surface area contributed by atoms with E-state index in [0.717, 1.165) is 11.5 Å². The van der Waals surface area contributed by atoms with Gasteiger partial charge >= 0.3 is 0 Å². The summed E-state index contributed by atoms with van der Waals surface area (Å²) in [5.41, 5.74) is 3.65. The minimum atomic E-state index is -0.322. The van der Waals surface area contributed by atoms with Gasteiger partial charge < -0.3 is 19.1 Å². The van der Waals surface area contributed by atoms with Crippen molar-refractivity contribution in [2.45, 2.75) is 38.7 Å². The summed E-state index contributed by atoms with van der Waals surface area (Å²) in [6.07, 6.45) is 4.70. The Hall–Kier alpha value is -3.98. The summed E-state index contributed by atoms with van der Waals surface area (Å²) in [5, 5.41) is 0. The number of imidazole rings is 1. The molecule has 0 aliphatic carbocycles. The van der Waals surface area contributed by atoms with Crippen molar-refractivity contribution < 1.29 is 14.2 Å². The van der Waals surface area contributed by atoms with E-state index in [2.05, 4.69) is 33.8 Å². The van der Waals surface area contributed by atoms with E-state index in [0.29, 0.717) is 30.0 Å². The molecule has 0 spiro atoms. The number of ether oxygens (including phenoxy) is 3. The third-order valence-corrected chi connectivity index (χ3v) is 5.98. The molecule has 1 aliphatic heterocycles. The fraction of sp³-hybridized carbons (Fsp3) is 0.333. The number of benzene rings is 2. The van der Waals surface area contributed by atoms with Gasteiger partial charge in [-0.2, -0.15) is 0 Å². The molecule has 1 saturated heterocycles. The third kappa shape index (κ3) is 5.31. The van der Waals surface area contributed by atoms with E-state index in [1.54, 1.807) is 12.7 Å². The van der Waals surface area contributed by atoms with Gasteiger partial charge in [-0.3, -0.25) is 4.57 Å². The second-order valence-corrected chi connectivity index (χ2v) is 9.19. The maximum Gasteiger partial charge on any atom is 0.184 e. The largest absolute Gasteiger partial charge is 0.491 e. The molecule has 36 heavy (non-hydrogen) atoms. The molecule has 3 heterocycles. The smallest absolute Gasteiger partial charge is 0.184 e. The molecule has 2 aromatic heterocycles. The molecule has 9 heteroatoms. The Labute approximate surface area is 210 Å². The van der Waals surface area contributed by atoms with Crippen molar-refractivity contribution in [3.05, 3.63) is 72.3 Å². The monoisotopic (exact) mass is 486 g/mol. The first-order valence-electron chi connectivity index (χ1n) is 11.9. The Bertz CT molecular complexity index is 1330. The molecule has 1 fully saturated rings. The van der Waals surface area contributed by atoms with Gasteiger partial charge in [-0.15, -0.1) is 0 Å². The summed E-state index contributed by atoms with van der Waals surface area (Å²) in [4.78, 5) is 19.6. The molecule has 3 atom stereocenters. The lowest BCUT2D eigenvalue weighted by atomic mass is 10.1. The van der Waals surface area contributed by atoms with Crippen molar-refractivity contribution in [2.24, 2.45) is 4.99 Å². The Balaban J connectivity index is 1.39. The van der Waals surface area contributed by atoms with E-state index in [-0.39, 0.29) is 18.4 Å². The van der Waals surface area contributed by atoms with Gasteiger partial charge in [0.1, 0.15) is 42.9 Å². The predicted octanol–water partition coefficient (Wildman–Crippen LogP) is 4.48. The van der Waals surface area contributed by atoms with E-state index < -0.39 is 0 Å². The SMILES string of the molecule is Cc1ccc(OC[C@H]2O[C@@H](n3cnc4c(/N=C\N(C)C)ncnc43)C[C@@H]2Oc2ccc(C)cc2)cc1. The third-order valence-electron chi connectivity index (χ3n) is 5.98. The van der Waals surface area contributed by atoms with Gasteiger partial charge in [0.25, 0.3) is 0 Å². The van der Waals surface area contributed by atoms with Crippen molar-refractivity contribution in [3.63, 3.8) is 0 Å². The van der Waals surface area contributed by atoms with Gasteiger partial charge in [0, 0.05) is 20.5 Å². The molecular weight excluding hydrogens is 456 g/mol. The van der Waals surface area contributed by atoms with Gasteiger partial charge in [0.2, 0.25) is 0 Å². The topological polar surface area (TPSA) is 86.9 Å². The van der Waals surface area contributed by atoms with Crippen LogP contribution >= 0.6 is 0 Å². The molecule has 0 bridgehead atoms. The quantitative estimate of drug-likeness (QED) is 0.268. The minimum Gasteiger partial charge on any atom is -0.491 e. The Morgan fingerprint density at radius 1 is 1.00 bits per heavy atom. The molecule has 2 aromatic carbocycles. The molecule has 9 nitrogen and oxygen atoms in total. The molecule has 1 aliphatic rings. The van der Waals surface area contributed by atoms with E-state index >= 15 is 0 Å². The zero-order chi connectivity index (χ0) is 25.1. The number of aliphatic imine (C=N–C) groups is 1. The average Bonchev–Trinajstić information content (AvgIpc) is 3.48. The summed E-state index contributed by atoms with van der Waals surface area (Å²) in [7, 11) is 3.81. The molecule has 0 amide bonds. The van der Waals surface area contributed by atoms with Crippen LogP contribution in [0.2, 0.25) is 0 Å². The molecule has 5 rings (SSSR count). The van der Waals surface area contributed by atoms with Crippen LogP contribution in [0.1, 0.15) is 23.8 Å². The van der Waals surface area contributed by atoms with Crippen molar-refractivity contribution in [1.82, 2.24) is 24.4 Å². The van der Waals surface area contributed by atoms with E-state index in [1.165, 1.54) is 17.5 Å². The van der Waals surface area contributed by atoms with Crippen LogP contribution < -0.4 is 9.47 Å². The normalized spacial score (nSPS) is 19.7. The number of rotatable bonds is 8. The lowest BCUT2D eigenvalue weighted by molar-refractivity contribution is -0.0341. The first-order valence-corrected chi connectivity index (χ1v) is 11.9. The van der Waals surface area contributed by atoms with Crippen molar-refractivity contribution in [3.8, 4) is 11.5 Å². The highest BCUT2D eigenvalue weighted by atomic mass is 16.6. The lowest BCUT2D eigenvalue weighted by Gasteiger charge is -2.20. The highest BCUT2D eigenvalue weighted by Crippen LogP contribution is 2.35. The first-order chi connectivity index (χ1) is 17.5. The maximum absolute atomic E-state index is 6.47. The fourth-order valence-corrected chi connectivity index (χ4v) is 4.06.